The van der Waals surface area contributed by atoms with Crippen molar-refractivity contribution < 1.29 is 0 Å². The molecule has 4 rings (SSSR count). The van der Waals surface area contributed by atoms with Gasteiger partial charge in [0.15, 0.2) is 11.0 Å². The molecule has 2 aromatic carbocycles. The zero-order chi connectivity index (χ0) is 18.5. The quantitative estimate of drug-likeness (QED) is 0.434. The Balaban J connectivity index is 1.57. The van der Waals surface area contributed by atoms with Crippen molar-refractivity contribution in [3.05, 3.63) is 66.0 Å². The van der Waals surface area contributed by atoms with Crippen molar-refractivity contribution in [2.75, 3.05) is 0 Å². The third-order valence-corrected chi connectivity index (χ3v) is 5.43. The molecule has 0 N–H and O–H groups in total. The van der Waals surface area contributed by atoms with Crippen molar-refractivity contribution in [1.29, 1.82) is 0 Å². The van der Waals surface area contributed by atoms with E-state index in [9.17, 15) is 0 Å². The second-order valence-electron chi connectivity index (χ2n) is 6.38. The summed E-state index contributed by atoms with van der Waals surface area (Å²) >= 11 is 1.69. The Morgan fingerprint density at radius 3 is 2.63 bits per heavy atom. The molecule has 0 aliphatic rings. The maximum Gasteiger partial charge on any atom is 0.169 e. The average Bonchev–Trinajstić information content (AvgIpc) is 3.29. The van der Waals surface area contributed by atoms with E-state index in [1.807, 2.05) is 10.7 Å². The SMILES string of the molecule is CCCn1nnnc1CSc1nc2ccccc2n1CCc1ccccc1. The smallest absolute Gasteiger partial charge is 0.169 e. The first-order chi connectivity index (χ1) is 13.3. The van der Waals surface area contributed by atoms with Crippen LogP contribution < -0.4 is 0 Å². The van der Waals surface area contributed by atoms with Crippen LogP contribution in [0.15, 0.2) is 59.8 Å². The van der Waals surface area contributed by atoms with Crippen molar-refractivity contribution in [1.82, 2.24) is 29.8 Å². The van der Waals surface area contributed by atoms with Crippen molar-refractivity contribution in [3.63, 3.8) is 0 Å². The number of para-hydroxylation sites is 2. The highest BCUT2D eigenvalue weighted by Crippen LogP contribution is 2.26. The number of nitrogens with zero attached hydrogens (tertiary/aromatic N) is 6. The summed E-state index contributed by atoms with van der Waals surface area (Å²) in [7, 11) is 0. The van der Waals surface area contributed by atoms with Gasteiger partial charge in [0.1, 0.15) is 0 Å². The Morgan fingerprint density at radius 1 is 0.963 bits per heavy atom. The number of aromatic nitrogens is 6. The lowest BCUT2D eigenvalue weighted by Gasteiger charge is -2.09. The monoisotopic (exact) mass is 378 g/mol. The summed E-state index contributed by atoms with van der Waals surface area (Å²) in [6, 6.07) is 18.9. The number of rotatable bonds is 8. The van der Waals surface area contributed by atoms with Gasteiger partial charge in [-0.05, 0) is 41.0 Å². The Morgan fingerprint density at radius 2 is 1.78 bits per heavy atom. The number of fused-ring (bicyclic) bond motifs is 1. The predicted molar refractivity (Wildman–Crippen MR) is 108 cm³/mol. The van der Waals surface area contributed by atoms with Gasteiger partial charge in [0.05, 0.1) is 16.8 Å². The summed E-state index contributed by atoms with van der Waals surface area (Å²) in [5.41, 5.74) is 3.53. The molecule has 0 aliphatic heterocycles. The van der Waals surface area contributed by atoms with Crippen LogP contribution >= 0.6 is 11.8 Å². The highest BCUT2D eigenvalue weighted by Gasteiger charge is 2.13. The second kappa shape index (κ2) is 8.35. The molecule has 2 heterocycles. The predicted octanol–water partition coefficient (Wildman–Crippen LogP) is 3.97. The lowest BCUT2D eigenvalue weighted by Crippen LogP contribution is -2.06. The molecular formula is C20H22N6S. The second-order valence-corrected chi connectivity index (χ2v) is 7.32. The fraction of sp³-hybridized carbons (Fsp3) is 0.300. The topological polar surface area (TPSA) is 61.4 Å². The Labute approximate surface area is 162 Å². The number of aryl methyl sites for hydroxylation is 3. The van der Waals surface area contributed by atoms with Gasteiger partial charge in [-0.15, -0.1) is 5.10 Å². The van der Waals surface area contributed by atoms with E-state index >= 15 is 0 Å². The van der Waals surface area contributed by atoms with E-state index in [1.165, 1.54) is 11.1 Å². The Hall–Kier alpha value is -2.67. The lowest BCUT2D eigenvalue weighted by molar-refractivity contribution is 0.564. The molecule has 7 heteroatoms. The number of thioether (sulfide) groups is 1. The first-order valence-electron chi connectivity index (χ1n) is 9.22. The van der Waals surface area contributed by atoms with Crippen LogP contribution in [-0.2, 0) is 25.3 Å². The molecule has 2 aromatic heterocycles. The van der Waals surface area contributed by atoms with Gasteiger partial charge in [-0.2, -0.15) is 0 Å². The van der Waals surface area contributed by atoms with Crippen LogP contribution in [0.3, 0.4) is 0 Å². The minimum atomic E-state index is 0.710. The van der Waals surface area contributed by atoms with Crippen LogP contribution in [0.5, 0.6) is 0 Å². The van der Waals surface area contributed by atoms with E-state index in [4.69, 9.17) is 4.98 Å². The van der Waals surface area contributed by atoms with Crippen molar-refractivity contribution in [2.24, 2.45) is 0 Å². The average molecular weight is 379 g/mol. The first-order valence-corrected chi connectivity index (χ1v) is 10.2. The van der Waals surface area contributed by atoms with Crippen LogP contribution in [-0.4, -0.2) is 29.8 Å². The minimum absolute atomic E-state index is 0.710. The summed E-state index contributed by atoms with van der Waals surface area (Å²) in [6.45, 7) is 3.86. The molecule has 0 radical (unpaired) electrons. The molecular weight excluding hydrogens is 356 g/mol. The summed E-state index contributed by atoms with van der Waals surface area (Å²) in [6.07, 6.45) is 1.99. The third kappa shape index (κ3) is 4.03. The standard InChI is InChI=1S/C20H22N6S/c1-2-13-26-19(22-23-24-26)15-27-20-21-17-10-6-7-11-18(17)25(20)14-12-16-8-4-3-5-9-16/h3-11H,2,12-15H2,1H3. The largest absolute Gasteiger partial charge is 0.319 e. The van der Waals surface area contributed by atoms with Gasteiger partial charge in [0.25, 0.3) is 0 Å². The molecule has 0 bridgehead atoms. The summed E-state index contributed by atoms with van der Waals surface area (Å²) in [4.78, 5) is 4.85. The molecule has 0 aliphatic carbocycles. The van der Waals surface area contributed by atoms with Crippen LogP contribution in [0.2, 0.25) is 0 Å². The van der Waals surface area contributed by atoms with E-state index in [1.54, 1.807) is 11.8 Å². The van der Waals surface area contributed by atoms with Crippen LogP contribution in [0.4, 0.5) is 0 Å². The van der Waals surface area contributed by atoms with Gasteiger partial charge in [-0.3, -0.25) is 0 Å². The third-order valence-electron chi connectivity index (χ3n) is 4.46. The highest BCUT2D eigenvalue weighted by molar-refractivity contribution is 7.98. The van der Waals surface area contributed by atoms with Gasteiger partial charge in [0.2, 0.25) is 0 Å². The number of hydrogen-bond donors (Lipinski definition) is 0. The molecule has 0 amide bonds. The zero-order valence-corrected chi connectivity index (χ0v) is 16.1. The Bertz CT molecular complexity index is 1010. The summed E-state index contributed by atoms with van der Waals surface area (Å²) in [5, 5.41) is 13.1. The number of hydrogen-bond acceptors (Lipinski definition) is 5. The minimum Gasteiger partial charge on any atom is -0.319 e. The molecule has 0 fully saturated rings. The van der Waals surface area contributed by atoms with Gasteiger partial charge in [-0.1, -0.05) is 61.2 Å². The molecule has 0 atom stereocenters. The van der Waals surface area contributed by atoms with Crippen LogP contribution in [0.1, 0.15) is 24.7 Å². The number of benzene rings is 2. The van der Waals surface area contributed by atoms with E-state index in [2.05, 4.69) is 75.5 Å². The van der Waals surface area contributed by atoms with Gasteiger partial charge < -0.3 is 4.57 Å². The van der Waals surface area contributed by atoms with Crippen molar-refractivity contribution in [2.45, 2.75) is 43.8 Å². The van der Waals surface area contributed by atoms with Crippen molar-refractivity contribution in [3.8, 4) is 0 Å². The van der Waals surface area contributed by atoms with Crippen LogP contribution in [0, 0.1) is 0 Å². The fourth-order valence-electron chi connectivity index (χ4n) is 3.11. The van der Waals surface area contributed by atoms with Crippen molar-refractivity contribution >= 4 is 22.8 Å². The van der Waals surface area contributed by atoms with Gasteiger partial charge in [0, 0.05) is 13.1 Å². The lowest BCUT2D eigenvalue weighted by atomic mass is 10.1. The highest BCUT2D eigenvalue weighted by atomic mass is 32.2. The molecule has 0 saturated heterocycles. The van der Waals surface area contributed by atoms with E-state index in [-0.39, 0.29) is 0 Å². The van der Waals surface area contributed by atoms with E-state index in [0.29, 0.717) is 5.75 Å². The molecule has 138 valence electrons. The molecule has 0 unspecified atom stereocenters. The van der Waals surface area contributed by atoms with Crippen LogP contribution in [0.25, 0.3) is 11.0 Å². The summed E-state index contributed by atoms with van der Waals surface area (Å²) in [5.74, 6) is 1.60. The number of tetrazole rings is 1. The normalized spacial score (nSPS) is 11.3. The molecule has 27 heavy (non-hydrogen) atoms. The van der Waals surface area contributed by atoms with E-state index in [0.717, 1.165) is 42.4 Å². The molecule has 4 aromatic rings. The zero-order valence-electron chi connectivity index (χ0n) is 15.3. The summed E-state index contributed by atoms with van der Waals surface area (Å²) < 4.78 is 4.19. The first kappa shape index (κ1) is 17.7. The van der Waals surface area contributed by atoms with Gasteiger partial charge in [-0.25, -0.2) is 9.67 Å². The molecule has 6 nitrogen and oxygen atoms in total. The molecule has 0 saturated carbocycles. The molecule has 0 spiro atoms. The maximum absolute atomic E-state index is 4.85. The van der Waals surface area contributed by atoms with E-state index < -0.39 is 0 Å². The Kier molecular flexibility index (Phi) is 5.48. The fourth-order valence-corrected chi connectivity index (χ4v) is 4.08. The maximum atomic E-state index is 4.85. The van der Waals surface area contributed by atoms with Gasteiger partial charge >= 0.3 is 0 Å². The number of imidazole rings is 1.